The second-order valence-corrected chi connectivity index (χ2v) is 16.1. The molecule has 11 aromatic carbocycles. The van der Waals surface area contributed by atoms with Crippen LogP contribution < -0.4 is 9.80 Å². The highest BCUT2D eigenvalue weighted by Gasteiger charge is 2.19. The molecule has 0 bridgehead atoms. The molecule has 2 nitrogen and oxygen atoms in total. The van der Waals surface area contributed by atoms with Crippen LogP contribution in [-0.4, -0.2) is 0 Å². The molecule has 11 rings (SSSR count). The van der Waals surface area contributed by atoms with Gasteiger partial charge in [-0.2, -0.15) is 0 Å². The number of fused-ring (bicyclic) bond motifs is 3. The van der Waals surface area contributed by atoms with Gasteiger partial charge < -0.3 is 9.80 Å². The molecular formula is C62H44N2. The van der Waals surface area contributed by atoms with Gasteiger partial charge in [-0.1, -0.05) is 200 Å². The Balaban J connectivity index is 0.898. The molecule has 0 atom stereocenters. The third-order valence-corrected chi connectivity index (χ3v) is 12.2. The molecule has 2 heteroatoms. The number of para-hydroxylation sites is 2. The predicted octanol–water partition coefficient (Wildman–Crippen LogP) is 17.6. The van der Waals surface area contributed by atoms with Crippen LogP contribution in [0.4, 0.5) is 34.1 Å². The summed E-state index contributed by atoms with van der Waals surface area (Å²) in [5.41, 5.74) is 13.9. The van der Waals surface area contributed by atoms with Gasteiger partial charge in [0.25, 0.3) is 0 Å². The lowest BCUT2D eigenvalue weighted by molar-refractivity contribution is 1.30. The van der Waals surface area contributed by atoms with E-state index in [4.69, 9.17) is 0 Å². The molecule has 302 valence electrons. The smallest absolute Gasteiger partial charge is 0.0540 e. The fourth-order valence-electron chi connectivity index (χ4n) is 9.13. The van der Waals surface area contributed by atoms with Crippen LogP contribution >= 0.6 is 0 Å². The lowest BCUT2D eigenvalue weighted by atomic mass is 9.96. The fourth-order valence-corrected chi connectivity index (χ4v) is 9.13. The van der Waals surface area contributed by atoms with Gasteiger partial charge in [-0.25, -0.2) is 0 Å². The quantitative estimate of drug-likeness (QED) is 0.127. The molecule has 0 N–H and O–H groups in total. The van der Waals surface area contributed by atoms with Crippen LogP contribution in [-0.2, 0) is 0 Å². The van der Waals surface area contributed by atoms with Crippen LogP contribution in [0, 0.1) is 0 Å². The van der Waals surface area contributed by atoms with Crippen molar-refractivity contribution >= 4 is 78.6 Å². The van der Waals surface area contributed by atoms with Crippen molar-refractivity contribution in [2.45, 2.75) is 0 Å². The molecule has 0 fully saturated rings. The summed E-state index contributed by atoms with van der Waals surface area (Å²) in [5.74, 6) is 0. The van der Waals surface area contributed by atoms with Crippen molar-refractivity contribution < 1.29 is 0 Å². The first-order chi connectivity index (χ1) is 31.7. The van der Waals surface area contributed by atoms with Gasteiger partial charge in [0, 0.05) is 33.5 Å². The van der Waals surface area contributed by atoms with Gasteiger partial charge in [-0.05, 0) is 122 Å². The second-order valence-electron chi connectivity index (χ2n) is 16.1. The Morgan fingerprint density at radius 2 is 0.625 bits per heavy atom. The maximum atomic E-state index is 2.38. The predicted molar refractivity (Wildman–Crippen MR) is 275 cm³/mol. The SMILES string of the molecule is C(=C\c1ccc2cc(N(c3ccccc3)c3ccc(-c4ccccc4)c4ccccc34)ccc2c1)/c1ccc(N(c2ccccc2)c2ccc(-c3ccccc3)c3ccccc23)cc1. The first kappa shape index (κ1) is 38.5. The Bertz CT molecular complexity index is 3420. The summed E-state index contributed by atoms with van der Waals surface area (Å²) in [5, 5.41) is 7.26. The number of benzene rings is 11. The summed E-state index contributed by atoms with van der Waals surface area (Å²) in [4.78, 5) is 4.75. The molecule has 0 aromatic heterocycles. The lowest BCUT2D eigenvalue weighted by Crippen LogP contribution is -2.10. The standard InChI is InChI=1S/C62H44N2/c1-5-17-47(18-6-1)55-39-41-61(59-27-15-13-25-57(55)59)63(51-21-9-3-10-22-51)53-36-32-45(33-37-53)29-30-46-31-34-50-44-54(38-35-49(50)43-46)64(52-23-11-4-12-24-52)62-42-40-56(48-19-7-2-8-20-48)58-26-14-16-28-60(58)62/h1-44H/b30-29+. The van der Waals surface area contributed by atoms with E-state index >= 15 is 0 Å². The van der Waals surface area contributed by atoms with Crippen molar-refractivity contribution in [2.75, 3.05) is 9.80 Å². The van der Waals surface area contributed by atoms with E-state index in [0.29, 0.717) is 0 Å². The number of nitrogens with zero attached hydrogens (tertiary/aromatic N) is 2. The van der Waals surface area contributed by atoms with Gasteiger partial charge in [0.15, 0.2) is 0 Å². The molecule has 0 heterocycles. The molecular weight excluding hydrogens is 773 g/mol. The summed E-state index contributed by atoms with van der Waals surface area (Å²) >= 11 is 0. The van der Waals surface area contributed by atoms with Gasteiger partial charge in [0.2, 0.25) is 0 Å². The zero-order valence-corrected chi connectivity index (χ0v) is 35.3. The third kappa shape index (κ3) is 7.48. The largest absolute Gasteiger partial charge is 0.310 e. The van der Waals surface area contributed by atoms with Crippen LogP contribution in [0.1, 0.15) is 11.1 Å². The molecule has 0 saturated heterocycles. The summed E-state index contributed by atoms with van der Waals surface area (Å²) in [6, 6.07) is 91.6. The van der Waals surface area contributed by atoms with Crippen molar-refractivity contribution in [3.63, 3.8) is 0 Å². The summed E-state index contributed by atoms with van der Waals surface area (Å²) < 4.78 is 0. The average Bonchev–Trinajstić information content (AvgIpc) is 3.37. The summed E-state index contributed by atoms with van der Waals surface area (Å²) in [6.07, 6.45) is 4.42. The van der Waals surface area contributed by atoms with Crippen molar-refractivity contribution in [3.8, 4) is 22.3 Å². The van der Waals surface area contributed by atoms with Crippen LogP contribution in [0.2, 0.25) is 0 Å². The average molecular weight is 817 g/mol. The molecule has 0 aliphatic carbocycles. The molecule has 0 aliphatic rings. The Morgan fingerprint density at radius 3 is 1.16 bits per heavy atom. The number of rotatable bonds is 10. The van der Waals surface area contributed by atoms with E-state index in [2.05, 4.69) is 277 Å². The van der Waals surface area contributed by atoms with Gasteiger partial charge >= 0.3 is 0 Å². The van der Waals surface area contributed by atoms with E-state index < -0.39 is 0 Å². The van der Waals surface area contributed by atoms with Gasteiger partial charge in [0.1, 0.15) is 0 Å². The fraction of sp³-hybridized carbons (Fsp3) is 0. The third-order valence-electron chi connectivity index (χ3n) is 12.2. The molecule has 0 aliphatic heterocycles. The van der Waals surface area contributed by atoms with E-state index in [9.17, 15) is 0 Å². The van der Waals surface area contributed by atoms with Crippen molar-refractivity contribution in [1.29, 1.82) is 0 Å². The van der Waals surface area contributed by atoms with Crippen LogP contribution in [0.5, 0.6) is 0 Å². The highest BCUT2D eigenvalue weighted by atomic mass is 15.1. The van der Waals surface area contributed by atoms with E-state index in [1.54, 1.807) is 0 Å². The van der Waals surface area contributed by atoms with Gasteiger partial charge in [0.05, 0.1) is 11.4 Å². The molecule has 0 saturated carbocycles. The highest BCUT2D eigenvalue weighted by molar-refractivity contribution is 6.08. The van der Waals surface area contributed by atoms with E-state index in [-0.39, 0.29) is 0 Å². The Morgan fingerprint density at radius 1 is 0.250 bits per heavy atom. The highest BCUT2D eigenvalue weighted by Crippen LogP contribution is 2.44. The molecule has 11 aromatic rings. The molecule has 0 radical (unpaired) electrons. The van der Waals surface area contributed by atoms with Gasteiger partial charge in [-0.15, -0.1) is 0 Å². The minimum Gasteiger partial charge on any atom is -0.310 e. The van der Waals surface area contributed by atoms with Crippen LogP contribution in [0.25, 0.3) is 66.7 Å². The minimum atomic E-state index is 1.10. The van der Waals surface area contributed by atoms with Crippen molar-refractivity contribution in [2.24, 2.45) is 0 Å². The monoisotopic (exact) mass is 816 g/mol. The van der Waals surface area contributed by atoms with Crippen molar-refractivity contribution in [3.05, 3.63) is 266 Å². The molecule has 0 spiro atoms. The van der Waals surface area contributed by atoms with Crippen LogP contribution in [0.15, 0.2) is 255 Å². The van der Waals surface area contributed by atoms with E-state index in [0.717, 1.165) is 45.3 Å². The van der Waals surface area contributed by atoms with Gasteiger partial charge in [-0.3, -0.25) is 0 Å². The number of hydrogen-bond acceptors (Lipinski definition) is 2. The topological polar surface area (TPSA) is 6.48 Å². The normalized spacial score (nSPS) is 11.4. The number of anilines is 6. The van der Waals surface area contributed by atoms with E-state index in [1.165, 1.54) is 54.6 Å². The summed E-state index contributed by atoms with van der Waals surface area (Å²) in [7, 11) is 0. The Kier molecular flexibility index (Phi) is 10.3. The Hall–Kier alpha value is -8.46. The van der Waals surface area contributed by atoms with Crippen molar-refractivity contribution in [1.82, 2.24) is 0 Å². The summed E-state index contributed by atoms with van der Waals surface area (Å²) in [6.45, 7) is 0. The maximum Gasteiger partial charge on any atom is 0.0540 e. The molecule has 0 unspecified atom stereocenters. The minimum absolute atomic E-state index is 1.10. The van der Waals surface area contributed by atoms with Crippen LogP contribution in [0.3, 0.4) is 0 Å². The Labute approximate surface area is 374 Å². The van der Waals surface area contributed by atoms with E-state index in [1.807, 2.05) is 0 Å². The molecule has 64 heavy (non-hydrogen) atoms. The lowest BCUT2D eigenvalue weighted by Gasteiger charge is -2.28. The zero-order valence-electron chi connectivity index (χ0n) is 35.3. The second kappa shape index (κ2) is 17.1. The number of hydrogen-bond donors (Lipinski definition) is 0. The maximum absolute atomic E-state index is 2.38. The first-order valence-corrected chi connectivity index (χ1v) is 21.9. The molecule has 0 amide bonds. The zero-order chi connectivity index (χ0) is 42.7. The first-order valence-electron chi connectivity index (χ1n) is 21.9.